The monoisotopic (exact) mass is 457 g/mol. The highest BCUT2D eigenvalue weighted by Crippen LogP contribution is 2.33. The summed E-state index contributed by atoms with van der Waals surface area (Å²) in [5, 5.41) is 3.53. The second kappa shape index (κ2) is 9.01. The molecule has 34 heavy (non-hydrogen) atoms. The second-order valence-electron chi connectivity index (χ2n) is 8.36. The molecule has 0 atom stereocenters. The van der Waals surface area contributed by atoms with Gasteiger partial charge in [0.05, 0.1) is 18.2 Å². The Morgan fingerprint density at radius 3 is 2.68 bits per heavy atom. The number of amides is 1. The summed E-state index contributed by atoms with van der Waals surface area (Å²) in [6, 6.07) is 15.8. The van der Waals surface area contributed by atoms with Crippen molar-refractivity contribution in [1.82, 2.24) is 19.5 Å². The first kappa shape index (κ1) is 21.7. The molecule has 0 aliphatic carbocycles. The number of fused-ring (bicyclic) bond motifs is 2. The molecule has 9 heteroatoms. The van der Waals surface area contributed by atoms with Gasteiger partial charge in [0.1, 0.15) is 17.2 Å². The number of benzene rings is 2. The number of nitrogens with one attached hydrogen (secondary N) is 1. The lowest BCUT2D eigenvalue weighted by Gasteiger charge is -2.21. The van der Waals surface area contributed by atoms with Crippen LogP contribution in [-0.2, 0) is 13.0 Å². The third-order valence-corrected chi connectivity index (χ3v) is 6.11. The molecule has 2 aromatic heterocycles. The minimum Gasteiger partial charge on any atom is -0.468 e. The first-order chi connectivity index (χ1) is 16.6. The van der Waals surface area contributed by atoms with Crippen LogP contribution in [0.3, 0.4) is 0 Å². The normalized spacial score (nSPS) is 13.4. The first-order valence-corrected chi connectivity index (χ1v) is 11.3. The average Bonchev–Trinajstić information content (AvgIpc) is 3.14. The van der Waals surface area contributed by atoms with E-state index in [-0.39, 0.29) is 6.01 Å². The molecule has 9 nitrogen and oxygen atoms in total. The Bertz CT molecular complexity index is 1350. The molecule has 1 aliphatic heterocycles. The quantitative estimate of drug-likeness (QED) is 0.457. The lowest BCUT2D eigenvalue weighted by molar-refractivity contribution is 0.100. The molecular formula is C25H27N7O2. The fourth-order valence-corrected chi connectivity index (χ4v) is 4.40. The standard InChI is InChI=1S/C25H27N7O2/c1-31-14-7-6-11-18-22(27-15-16-9-4-3-5-10-16)29-24(30-23(18)31)32-19-13-8-12-17(21(26)33)20(19)28-25(32)34-2/h3-5,8-10,12-13H,6-7,11,14-15H2,1-2H3,(H2,26,33)(H,27,29,30). The van der Waals surface area contributed by atoms with E-state index in [1.165, 1.54) is 7.11 Å². The van der Waals surface area contributed by atoms with Crippen molar-refractivity contribution >= 4 is 28.6 Å². The number of carbonyl (C=O) groups excluding carboxylic acids is 1. The number of carbonyl (C=O) groups is 1. The Morgan fingerprint density at radius 1 is 1.09 bits per heavy atom. The number of ether oxygens (including phenoxy) is 1. The number of rotatable bonds is 6. The highest BCUT2D eigenvalue weighted by atomic mass is 16.5. The predicted molar refractivity (Wildman–Crippen MR) is 132 cm³/mol. The third-order valence-electron chi connectivity index (χ3n) is 6.11. The Labute approximate surface area is 197 Å². The molecule has 4 aromatic rings. The number of methoxy groups -OCH3 is 1. The molecule has 0 fully saturated rings. The van der Waals surface area contributed by atoms with Crippen molar-refractivity contribution in [2.24, 2.45) is 5.73 Å². The van der Waals surface area contributed by atoms with Crippen LogP contribution in [0.1, 0.15) is 34.3 Å². The number of para-hydroxylation sites is 1. The van der Waals surface area contributed by atoms with Gasteiger partial charge in [0.15, 0.2) is 0 Å². The van der Waals surface area contributed by atoms with Crippen molar-refractivity contribution in [1.29, 1.82) is 0 Å². The lowest BCUT2D eigenvalue weighted by atomic mass is 10.1. The minimum absolute atomic E-state index is 0.286. The maximum absolute atomic E-state index is 12.0. The van der Waals surface area contributed by atoms with Gasteiger partial charge in [-0.2, -0.15) is 15.0 Å². The smallest absolute Gasteiger partial charge is 0.304 e. The number of hydrogen-bond donors (Lipinski definition) is 2. The van der Waals surface area contributed by atoms with Crippen molar-refractivity contribution in [3.05, 3.63) is 65.2 Å². The number of aromatic nitrogens is 4. The zero-order chi connectivity index (χ0) is 23.7. The van der Waals surface area contributed by atoms with Crippen LogP contribution in [0.4, 0.5) is 11.6 Å². The van der Waals surface area contributed by atoms with E-state index >= 15 is 0 Å². The van der Waals surface area contributed by atoms with E-state index in [9.17, 15) is 4.79 Å². The Hall–Kier alpha value is -4.14. The summed E-state index contributed by atoms with van der Waals surface area (Å²) in [5.74, 6) is 1.54. The summed E-state index contributed by atoms with van der Waals surface area (Å²) in [7, 11) is 3.59. The van der Waals surface area contributed by atoms with Crippen LogP contribution in [0.15, 0.2) is 48.5 Å². The van der Waals surface area contributed by atoms with E-state index in [0.29, 0.717) is 29.1 Å². The van der Waals surface area contributed by atoms with Crippen molar-refractivity contribution in [3.8, 4) is 12.0 Å². The maximum Gasteiger partial charge on any atom is 0.304 e. The first-order valence-electron chi connectivity index (χ1n) is 11.3. The molecule has 0 saturated heterocycles. The maximum atomic E-state index is 12.0. The molecule has 3 heterocycles. The second-order valence-corrected chi connectivity index (χ2v) is 8.36. The topological polar surface area (TPSA) is 111 Å². The van der Waals surface area contributed by atoms with E-state index in [2.05, 4.69) is 34.4 Å². The molecule has 1 aliphatic rings. The Morgan fingerprint density at radius 2 is 1.91 bits per heavy atom. The fraction of sp³-hybridized carbons (Fsp3) is 0.280. The molecule has 1 amide bonds. The summed E-state index contributed by atoms with van der Waals surface area (Å²) in [6.45, 7) is 1.55. The SMILES string of the molecule is COc1nc2c(C(N)=O)cccc2n1-c1nc(NCc2ccccc2)c2c(n1)N(C)CCCC2. The van der Waals surface area contributed by atoms with Crippen molar-refractivity contribution in [2.75, 3.05) is 30.9 Å². The highest BCUT2D eigenvalue weighted by Gasteiger charge is 2.24. The summed E-state index contributed by atoms with van der Waals surface area (Å²) in [4.78, 5) is 28.6. The zero-order valence-corrected chi connectivity index (χ0v) is 19.3. The van der Waals surface area contributed by atoms with Gasteiger partial charge < -0.3 is 20.7 Å². The van der Waals surface area contributed by atoms with E-state index in [0.717, 1.165) is 48.6 Å². The predicted octanol–water partition coefficient (Wildman–Crippen LogP) is 3.31. The number of imidazole rings is 1. The molecule has 2 aromatic carbocycles. The van der Waals surface area contributed by atoms with Gasteiger partial charge >= 0.3 is 6.01 Å². The van der Waals surface area contributed by atoms with Crippen molar-refractivity contribution < 1.29 is 9.53 Å². The Kier molecular flexibility index (Phi) is 5.75. The van der Waals surface area contributed by atoms with Crippen molar-refractivity contribution in [3.63, 3.8) is 0 Å². The Balaban J connectivity index is 1.68. The number of anilines is 2. The highest BCUT2D eigenvalue weighted by molar-refractivity contribution is 6.04. The van der Waals surface area contributed by atoms with E-state index in [1.807, 2.05) is 24.3 Å². The zero-order valence-electron chi connectivity index (χ0n) is 19.3. The number of nitrogens with two attached hydrogens (primary N) is 1. The van der Waals surface area contributed by atoms with Crippen LogP contribution in [0.25, 0.3) is 17.0 Å². The fourth-order valence-electron chi connectivity index (χ4n) is 4.40. The third kappa shape index (κ3) is 3.89. The van der Waals surface area contributed by atoms with Gasteiger partial charge in [-0.05, 0) is 37.0 Å². The molecule has 0 spiro atoms. The molecular weight excluding hydrogens is 430 g/mol. The van der Waals surface area contributed by atoms with Crippen LogP contribution in [-0.4, -0.2) is 46.1 Å². The lowest BCUT2D eigenvalue weighted by Crippen LogP contribution is -2.21. The van der Waals surface area contributed by atoms with Gasteiger partial charge in [0.2, 0.25) is 5.95 Å². The largest absolute Gasteiger partial charge is 0.468 e. The van der Waals surface area contributed by atoms with Gasteiger partial charge in [-0.15, -0.1) is 0 Å². The summed E-state index contributed by atoms with van der Waals surface area (Å²) in [5.41, 5.74) is 9.28. The minimum atomic E-state index is -0.550. The van der Waals surface area contributed by atoms with Crippen LogP contribution < -0.4 is 20.7 Å². The van der Waals surface area contributed by atoms with Gasteiger partial charge in [0.25, 0.3) is 5.91 Å². The summed E-state index contributed by atoms with van der Waals surface area (Å²) in [6.07, 6.45) is 3.05. The molecule has 0 saturated carbocycles. The summed E-state index contributed by atoms with van der Waals surface area (Å²) < 4.78 is 7.30. The molecule has 3 N–H and O–H groups in total. The number of hydrogen-bond acceptors (Lipinski definition) is 7. The van der Waals surface area contributed by atoms with Crippen LogP contribution in [0, 0.1) is 0 Å². The van der Waals surface area contributed by atoms with Gasteiger partial charge in [0, 0.05) is 25.7 Å². The van der Waals surface area contributed by atoms with Gasteiger partial charge in [-0.25, -0.2) is 4.57 Å². The van der Waals surface area contributed by atoms with Crippen molar-refractivity contribution in [2.45, 2.75) is 25.8 Å². The molecule has 174 valence electrons. The van der Waals surface area contributed by atoms with Crippen LogP contribution in [0.2, 0.25) is 0 Å². The number of primary amides is 1. The van der Waals surface area contributed by atoms with E-state index in [4.69, 9.17) is 20.4 Å². The number of nitrogens with zero attached hydrogens (tertiary/aromatic N) is 5. The molecule has 0 bridgehead atoms. The van der Waals surface area contributed by atoms with Gasteiger partial charge in [-0.3, -0.25) is 4.79 Å². The van der Waals surface area contributed by atoms with Crippen LogP contribution >= 0.6 is 0 Å². The van der Waals surface area contributed by atoms with Crippen LogP contribution in [0.5, 0.6) is 6.01 Å². The van der Waals surface area contributed by atoms with E-state index in [1.54, 1.807) is 16.7 Å². The van der Waals surface area contributed by atoms with Gasteiger partial charge in [-0.1, -0.05) is 36.4 Å². The average molecular weight is 458 g/mol. The molecule has 0 radical (unpaired) electrons. The summed E-state index contributed by atoms with van der Waals surface area (Å²) >= 11 is 0. The molecule has 5 rings (SSSR count). The van der Waals surface area contributed by atoms with E-state index < -0.39 is 5.91 Å². The molecule has 0 unspecified atom stereocenters.